The number of hydrogen-bond acceptors (Lipinski definition) is 8. The zero-order chi connectivity index (χ0) is 28.1. The van der Waals surface area contributed by atoms with Crippen LogP contribution in [0.15, 0.2) is 33.8 Å². The molecule has 216 valence electrons. The van der Waals surface area contributed by atoms with Crippen LogP contribution in [0.1, 0.15) is 65.2 Å². The molecule has 1 aliphatic heterocycles. The number of halogens is 1. The number of nitrogens with zero attached hydrogens (tertiary/aromatic N) is 6. The number of ether oxygens (including phenoxy) is 1. The Labute approximate surface area is 243 Å². The third kappa shape index (κ3) is 5.16. The number of rotatable bonds is 5. The molecule has 41 heavy (non-hydrogen) atoms. The van der Waals surface area contributed by atoms with Crippen LogP contribution in [0.3, 0.4) is 0 Å². The average Bonchev–Trinajstić information content (AvgIpc) is 3.57. The number of H-pyrrole nitrogens is 1. The van der Waals surface area contributed by atoms with Crippen molar-refractivity contribution in [2.24, 2.45) is 11.8 Å². The van der Waals surface area contributed by atoms with Gasteiger partial charge in [-0.15, -0.1) is 0 Å². The van der Waals surface area contributed by atoms with Crippen molar-refractivity contribution >= 4 is 28.6 Å². The molecule has 10 nitrogen and oxygen atoms in total. The molecule has 1 N–H and O–H groups in total. The van der Waals surface area contributed by atoms with E-state index in [4.69, 9.17) is 30.8 Å². The second kappa shape index (κ2) is 10.9. The van der Waals surface area contributed by atoms with Crippen LogP contribution < -0.4 is 10.7 Å². The minimum Gasteiger partial charge on any atom is -0.371 e. The van der Waals surface area contributed by atoms with Gasteiger partial charge in [-0.1, -0.05) is 49.4 Å². The van der Waals surface area contributed by atoms with E-state index in [2.05, 4.69) is 38.4 Å². The molecule has 0 bridgehead atoms. The highest BCUT2D eigenvalue weighted by Crippen LogP contribution is 2.40. The van der Waals surface area contributed by atoms with E-state index in [9.17, 15) is 4.79 Å². The minimum absolute atomic E-state index is 0.114. The molecule has 0 aromatic carbocycles. The van der Waals surface area contributed by atoms with Crippen LogP contribution in [0.4, 0.5) is 5.95 Å². The molecule has 3 fully saturated rings. The van der Waals surface area contributed by atoms with Gasteiger partial charge in [-0.05, 0) is 56.6 Å². The first-order chi connectivity index (χ1) is 19.9. The van der Waals surface area contributed by atoms with Crippen LogP contribution >= 0.6 is 11.6 Å². The fourth-order valence-corrected chi connectivity index (χ4v) is 7.26. The van der Waals surface area contributed by atoms with Crippen molar-refractivity contribution in [3.8, 4) is 22.8 Å². The highest BCUT2D eigenvalue weighted by atomic mass is 35.5. The van der Waals surface area contributed by atoms with Crippen molar-refractivity contribution in [2.75, 3.05) is 11.4 Å². The zero-order valence-corrected chi connectivity index (χ0v) is 24.3. The third-order valence-corrected chi connectivity index (χ3v) is 9.33. The molecule has 7 rings (SSSR count). The summed E-state index contributed by atoms with van der Waals surface area (Å²) < 4.78 is 13.7. The summed E-state index contributed by atoms with van der Waals surface area (Å²) in [5.74, 6) is 1.93. The fraction of sp³-hybridized carbons (Fsp3) is 0.567. The summed E-state index contributed by atoms with van der Waals surface area (Å²) in [7, 11) is 0. The summed E-state index contributed by atoms with van der Waals surface area (Å²) in [6.45, 7) is 6.18. The number of nitrogens with one attached hydrogen (secondary N) is 1. The number of imidazole rings is 1. The van der Waals surface area contributed by atoms with Crippen molar-refractivity contribution in [1.29, 1.82) is 0 Å². The number of pyridine rings is 2. The first-order valence-electron chi connectivity index (χ1n) is 14.9. The quantitative estimate of drug-likeness (QED) is 0.314. The van der Waals surface area contributed by atoms with Crippen molar-refractivity contribution in [3.05, 3.63) is 40.1 Å². The van der Waals surface area contributed by atoms with Gasteiger partial charge in [0, 0.05) is 31.0 Å². The van der Waals surface area contributed by atoms with Gasteiger partial charge in [0.25, 0.3) is 0 Å². The van der Waals surface area contributed by atoms with Crippen molar-refractivity contribution < 1.29 is 9.26 Å². The predicted molar refractivity (Wildman–Crippen MR) is 157 cm³/mol. The van der Waals surface area contributed by atoms with Gasteiger partial charge >= 0.3 is 5.76 Å². The molecule has 0 amide bonds. The van der Waals surface area contributed by atoms with E-state index in [1.54, 1.807) is 12.4 Å². The Morgan fingerprint density at radius 2 is 1.88 bits per heavy atom. The van der Waals surface area contributed by atoms with Gasteiger partial charge in [0.1, 0.15) is 5.69 Å². The number of morpholine rings is 1. The smallest absolute Gasteiger partial charge is 0.371 e. The molecular weight excluding hydrogens is 542 g/mol. The Kier molecular flexibility index (Phi) is 7.06. The van der Waals surface area contributed by atoms with E-state index < -0.39 is 5.76 Å². The maximum Gasteiger partial charge on any atom is 0.439 e. The van der Waals surface area contributed by atoms with Crippen LogP contribution in [-0.4, -0.2) is 54.5 Å². The first kappa shape index (κ1) is 26.6. The van der Waals surface area contributed by atoms with Crippen LogP contribution in [-0.2, 0) is 11.3 Å². The molecule has 0 radical (unpaired) electrons. The van der Waals surface area contributed by atoms with E-state index in [0.29, 0.717) is 22.3 Å². The SMILES string of the molecule is CC1CN(c2nc3cc(-c4noc(=O)[nH]4)nc(-c4cncc(Cl)c4)c3n2C[C@H]2CC[C@H](C)CC2)C2CCCCC2O1. The number of hydrogen-bond donors (Lipinski definition) is 1. The molecule has 5 heterocycles. The molecule has 2 saturated carbocycles. The molecule has 4 aromatic heterocycles. The first-order valence-corrected chi connectivity index (χ1v) is 15.3. The van der Waals surface area contributed by atoms with Gasteiger partial charge in [0.15, 0.2) is 0 Å². The Morgan fingerprint density at radius 3 is 2.66 bits per heavy atom. The summed E-state index contributed by atoms with van der Waals surface area (Å²) in [4.78, 5) is 31.7. The maximum atomic E-state index is 11.8. The largest absolute Gasteiger partial charge is 0.439 e. The number of fused-ring (bicyclic) bond motifs is 2. The van der Waals surface area contributed by atoms with Crippen LogP contribution in [0.25, 0.3) is 33.8 Å². The van der Waals surface area contributed by atoms with Gasteiger partial charge in [-0.2, -0.15) is 0 Å². The zero-order valence-electron chi connectivity index (χ0n) is 23.6. The standard InChI is InChI=1S/C30H36ClN7O3/c1-17-7-9-19(10-8-17)16-38-27-22(34-29(38)37-15-18(2)40-25-6-4-3-5-24(25)37)12-23(28-35-30(39)41-36-28)33-26(27)20-11-21(31)14-32-13-20/h11-14,17-19,24-25H,3-10,15-16H2,1-2H3,(H,35,36,39)/t17-,18?,19-,24?,25?. The van der Waals surface area contributed by atoms with Gasteiger partial charge in [-0.25, -0.2) is 14.8 Å². The second-order valence-electron chi connectivity index (χ2n) is 12.2. The summed E-state index contributed by atoms with van der Waals surface area (Å²) in [6, 6.07) is 4.06. The summed E-state index contributed by atoms with van der Waals surface area (Å²) in [6.07, 6.45) is 13.2. The molecule has 3 aliphatic rings. The minimum atomic E-state index is -0.628. The fourth-order valence-electron chi connectivity index (χ4n) is 7.09. The van der Waals surface area contributed by atoms with Crippen LogP contribution in [0.2, 0.25) is 5.02 Å². The summed E-state index contributed by atoms with van der Waals surface area (Å²) in [5, 5.41) is 4.45. The third-order valence-electron chi connectivity index (χ3n) is 9.13. The predicted octanol–water partition coefficient (Wildman–Crippen LogP) is 5.85. The summed E-state index contributed by atoms with van der Waals surface area (Å²) in [5.41, 5.74) is 3.71. The normalized spacial score (nSPS) is 26.8. The molecule has 3 atom stereocenters. The number of anilines is 1. The van der Waals surface area contributed by atoms with Crippen molar-refractivity contribution in [3.63, 3.8) is 0 Å². The topological polar surface area (TPSA) is 115 Å². The second-order valence-corrected chi connectivity index (χ2v) is 12.6. The Hall–Kier alpha value is -3.24. The highest BCUT2D eigenvalue weighted by Gasteiger charge is 2.39. The summed E-state index contributed by atoms with van der Waals surface area (Å²) >= 11 is 6.42. The molecule has 2 aliphatic carbocycles. The Balaban J connectivity index is 1.44. The molecule has 0 spiro atoms. The Bertz CT molecular complexity index is 1610. The van der Waals surface area contributed by atoms with E-state index in [0.717, 1.165) is 54.4 Å². The lowest BCUT2D eigenvalue weighted by molar-refractivity contribution is -0.0561. The lowest BCUT2D eigenvalue weighted by Gasteiger charge is -2.47. The van der Waals surface area contributed by atoms with Crippen LogP contribution in [0, 0.1) is 11.8 Å². The molecule has 3 unspecified atom stereocenters. The van der Waals surface area contributed by atoms with E-state index in [1.165, 1.54) is 38.5 Å². The number of aromatic nitrogens is 6. The average molecular weight is 578 g/mol. The van der Waals surface area contributed by atoms with Gasteiger partial charge in [0.05, 0.1) is 40.0 Å². The molecule has 1 saturated heterocycles. The van der Waals surface area contributed by atoms with Gasteiger partial charge < -0.3 is 14.2 Å². The maximum absolute atomic E-state index is 11.8. The van der Waals surface area contributed by atoms with Crippen molar-refractivity contribution in [1.82, 2.24) is 29.7 Å². The monoisotopic (exact) mass is 577 g/mol. The lowest BCUT2D eigenvalue weighted by atomic mass is 9.83. The molecule has 4 aromatic rings. The van der Waals surface area contributed by atoms with Gasteiger partial charge in [0.2, 0.25) is 11.8 Å². The molecule has 11 heteroatoms. The van der Waals surface area contributed by atoms with E-state index >= 15 is 0 Å². The van der Waals surface area contributed by atoms with E-state index in [1.807, 2.05) is 12.1 Å². The number of aromatic amines is 1. The van der Waals surface area contributed by atoms with E-state index in [-0.39, 0.29) is 24.1 Å². The van der Waals surface area contributed by atoms with Gasteiger partial charge in [-0.3, -0.25) is 14.5 Å². The van der Waals surface area contributed by atoms with Crippen molar-refractivity contribution in [2.45, 2.75) is 90.0 Å². The highest BCUT2D eigenvalue weighted by molar-refractivity contribution is 6.30. The molecular formula is C30H36ClN7O3. The van der Waals surface area contributed by atoms with Crippen LogP contribution in [0.5, 0.6) is 0 Å². The Morgan fingerprint density at radius 1 is 1.05 bits per heavy atom. The lowest BCUT2D eigenvalue weighted by Crippen LogP contribution is -2.56.